The Bertz CT molecular complexity index is 415. The van der Waals surface area contributed by atoms with Gasteiger partial charge in [-0.15, -0.1) is 0 Å². The van der Waals surface area contributed by atoms with Crippen molar-refractivity contribution in [1.29, 1.82) is 0 Å². The third-order valence-corrected chi connectivity index (χ3v) is 3.25. The Labute approximate surface area is 115 Å². The monoisotopic (exact) mass is 267 g/mol. The minimum Gasteiger partial charge on any atom is -0.372 e. The zero-order valence-electron chi connectivity index (χ0n) is 12.4. The highest BCUT2D eigenvalue weighted by Gasteiger charge is 2.28. The lowest BCUT2D eigenvalue weighted by Crippen LogP contribution is -2.51. The van der Waals surface area contributed by atoms with Crippen molar-refractivity contribution < 1.29 is 9.47 Å². The summed E-state index contributed by atoms with van der Waals surface area (Å²) in [7, 11) is 0. The van der Waals surface area contributed by atoms with E-state index >= 15 is 0 Å². The van der Waals surface area contributed by atoms with Crippen LogP contribution in [0.25, 0.3) is 0 Å². The number of nitrogens with one attached hydrogen (secondary N) is 1. The van der Waals surface area contributed by atoms with Gasteiger partial charge in [-0.1, -0.05) is 0 Å². The maximum Gasteiger partial charge on any atom is 0.0940 e. The van der Waals surface area contributed by atoms with Crippen LogP contribution in [-0.4, -0.2) is 41.2 Å². The molecule has 108 valence electrons. The summed E-state index contributed by atoms with van der Waals surface area (Å²) in [5, 5.41) is 7.79. The minimum atomic E-state index is -0.103. The Morgan fingerprint density at radius 3 is 3.05 bits per heavy atom. The topological polar surface area (TPSA) is 48.3 Å². The third kappa shape index (κ3) is 4.03. The molecule has 0 saturated carbocycles. The lowest BCUT2D eigenvalue weighted by atomic mass is 10.1. The molecular formula is C14H25N3O2. The van der Waals surface area contributed by atoms with Crippen LogP contribution in [0.4, 0.5) is 0 Å². The van der Waals surface area contributed by atoms with Crippen LogP contribution in [0.1, 0.15) is 32.2 Å². The molecule has 1 atom stereocenters. The standard InChI is InChI=1S/C14H25N3O2/c1-5-17-12(6-11(2)16-17)8-18-9-13-7-15-10-14(3,4)19-13/h6,13,15H,5,7-10H2,1-4H3. The Kier molecular flexibility index (Phi) is 4.60. The van der Waals surface area contributed by atoms with Crippen molar-refractivity contribution in [2.75, 3.05) is 19.7 Å². The summed E-state index contributed by atoms with van der Waals surface area (Å²) in [6, 6.07) is 2.08. The van der Waals surface area contributed by atoms with Gasteiger partial charge < -0.3 is 14.8 Å². The van der Waals surface area contributed by atoms with Gasteiger partial charge in [0.1, 0.15) is 0 Å². The largest absolute Gasteiger partial charge is 0.372 e. The number of hydrogen-bond acceptors (Lipinski definition) is 4. The highest BCUT2D eigenvalue weighted by molar-refractivity contribution is 5.07. The summed E-state index contributed by atoms with van der Waals surface area (Å²) >= 11 is 0. The number of rotatable bonds is 5. The molecule has 1 N–H and O–H groups in total. The quantitative estimate of drug-likeness (QED) is 0.878. The third-order valence-electron chi connectivity index (χ3n) is 3.25. The molecule has 1 fully saturated rings. The van der Waals surface area contributed by atoms with Crippen LogP contribution < -0.4 is 5.32 Å². The van der Waals surface area contributed by atoms with Crippen molar-refractivity contribution in [2.24, 2.45) is 0 Å². The molecule has 0 radical (unpaired) electrons. The van der Waals surface area contributed by atoms with Gasteiger partial charge in [0.05, 0.1) is 36.3 Å². The molecule has 0 aromatic carbocycles. The second-order valence-corrected chi connectivity index (χ2v) is 5.74. The first-order valence-electron chi connectivity index (χ1n) is 7.00. The zero-order valence-corrected chi connectivity index (χ0v) is 12.4. The second-order valence-electron chi connectivity index (χ2n) is 5.74. The van der Waals surface area contributed by atoms with E-state index in [9.17, 15) is 0 Å². The molecule has 5 nitrogen and oxygen atoms in total. The molecule has 5 heteroatoms. The van der Waals surface area contributed by atoms with E-state index < -0.39 is 0 Å². The number of nitrogens with zero attached hydrogens (tertiary/aromatic N) is 2. The fourth-order valence-electron chi connectivity index (χ4n) is 2.45. The molecule has 0 amide bonds. The summed E-state index contributed by atoms with van der Waals surface area (Å²) in [5.41, 5.74) is 2.06. The zero-order chi connectivity index (χ0) is 13.9. The fraction of sp³-hybridized carbons (Fsp3) is 0.786. The summed E-state index contributed by atoms with van der Waals surface area (Å²) in [6.45, 7) is 12.1. The first-order valence-corrected chi connectivity index (χ1v) is 7.00. The van der Waals surface area contributed by atoms with Gasteiger partial charge in [0.2, 0.25) is 0 Å². The number of aryl methyl sites for hydroxylation is 2. The SMILES string of the molecule is CCn1nc(C)cc1COCC1CNCC(C)(C)O1. The number of ether oxygens (including phenoxy) is 2. The first-order chi connectivity index (χ1) is 9.00. The van der Waals surface area contributed by atoms with Crippen LogP contribution in [-0.2, 0) is 22.6 Å². The number of hydrogen-bond donors (Lipinski definition) is 1. The highest BCUT2D eigenvalue weighted by Crippen LogP contribution is 2.16. The van der Waals surface area contributed by atoms with Crippen molar-refractivity contribution >= 4 is 0 Å². The van der Waals surface area contributed by atoms with E-state index in [2.05, 4.69) is 37.3 Å². The summed E-state index contributed by atoms with van der Waals surface area (Å²) in [5.74, 6) is 0. The normalized spacial score (nSPS) is 22.6. The van der Waals surface area contributed by atoms with Gasteiger partial charge in [0, 0.05) is 19.6 Å². The van der Waals surface area contributed by atoms with Crippen LogP contribution in [0.2, 0.25) is 0 Å². The fourth-order valence-corrected chi connectivity index (χ4v) is 2.45. The van der Waals surface area contributed by atoms with Gasteiger partial charge in [-0.3, -0.25) is 4.68 Å². The predicted molar refractivity (Wildman–Crippen MR) is 74.1 cm³/mol. The average Bonchev–Trinajstić information content (AvgIpc) is 2.68. The van der Waals surface area contributed by atoms with E-state index in [1.807, 2.05) is 11.6 Å². The summed E-state index contributed by atoms with van der Waals surface area (Å²) in [4.78, 5) is 0. The molecule has 1 aliphatic rings. The molecular weight excluding hydrogens is 242 g/mol. The van der Waals surface area contributed by atoms with Gasteiger partial charge in [-0.25, -0.2) is 0 Å². The van der Waals surface area contributed by atoms with Gasteiger partial charge >= 0.3 is 0 Å². The lowest BCUT2D eigenvalue weighted by Gasteiger charge is -2.36. The van der Waals surface area contributed by atoms with Crippen molar-refractivity contribution in [1.82, 2.24) is 15.1 Å². The van der Waals surface area contributed by atoms with Crippen LogP contribution in [0.15, 0.2) is 6.07 Å². The lowest BCUT2D eigenvalue weighted by molar-refractivity contribution is -0.122. The molecule has 2 rings (SSSR count). The minimum absolute atomic E-state index is 0.103. The van der Waals surface area contributed by atoms with E-state index in [0.29, 0.717) is 13.2 Å². The molecule has 1 unspecified atom stereocenters. The van der Waals surface area contributed by atoms with Crippen LogP contribution in [0.5, 0.6) is 0 Å². The molecule has 0 aliphatic carbocycles. The van der Waals surface area contributed by atoms with Gasteiger partial charge in [0.15, 0.2) is 0 Å². The first kappa shape index (κ1) is 14.5. The molecule has 19 heavy (non-hydrogen) atoms. The maximum atomic E-state index is 5.96. The van der Waals surface area contributed by atoms with Crippen molar-refractivity contribution in [3.05, 3.63) is 17.5 Å². The van der Waals surface area contributed by atoms with E-state index in [1.54, 1.807) is 0 Å². The van der Waals surface area contributed by atoms with Crippen LogP contribution in [0, 0.1) is 6.92 Å². The van der Waals surface area contributed by atoms with Crippen LogP contribution >= 0.6 is 0 Å². The van der Waals surface area contributed by atoms with E-state index in [1.165, 1.54) is 0 Å². The van der Waals surface area contributed by atoms with Gasteiger partial charge in [0.25, 0.3) is 0 Å². The predicted octanol–water partition coefficient (Wildman–Crippen LogP) is 1.50. The van der Waals surface area contributed by atoms with Gasteiger partial charge in [-0.05, 0) is 33.8 Å². The van der Waals surface area contributed by atoms with Crippen molar-refractivity contribution in [3.8, 4) is 0 Å². The Morgan fingerprint density at radius 2 is 2.37 bits per heavy atom. The average molecular weight is 267 g/mol. The summed E-state index contributed by atoms with van der Waals surface area (Å²) < 4.78 is 13.7. The van der Waals surface area contributed by atoms with Crippen molar-refractivity contribution in [3.63, 3.8) is 0 Å². The highest BCUT2D eigenvalue weighted by atomic mass is 16.5. The summed E-state index contributed by atoms with van der Waals surface area (Å²) in [6.07, 6.45) is 0.128. The Balaban J connectivity index is 1.80. The molecule has 0 bridgehead atoms. The molecule has 2 heterocycles. The smallest absolute Gasteiger partial charge is 0.0940 e. The van der Waals surface area contributed by atoms with E-state index in [-0.39, 0.29) is 11.7 Å². The molecule has 0 spiro atoms. The maximum absolute atomic E-state index is 5.96. The molecule has 1 saturated heterocycles. The van der Waals surface area contributed by atoms with Crippen LogP contribution in [0.3, 0.4) is 0 Å². The second kappa shape index (κ2) is 6.03. The Morgan fingerprint density at radius 1 is 1.58 bits per heavy atom. The van der Waals surface area contributed by atoms with Crippen molar-refractivity contribution in [2.45, 2.75) is 52.6 Å². The molecule has 1 aliphatic heterocycles. The number of aromatic nitrogens is 2. The number of morpholine rings is 1. The van der Waals surface area contributed by atoms with E-state index in [4.69, 9.17) is 9.47 Å². The van der Waals surface area contributed by atoms with E-state index in [0.717, 1.165) is 31.0 Å². The molecule has 1 aromatic heterocycles. The Hall–Kier alpha value is -0.910. The van der Waals surface area contributed by atoms with Gasteiger partial charge in [-0.2, -0.15) is 5.10 Å². The molecule has 1 aromatic rings.